The van der Waals surface area contributed by atoms with E-state index in [4.69, 9.17) is 9.84 Å². The third-order valence-electron chi connectivity index (χ3n) is 2.84. The lowest BCUT2D eigenvalue weighted by Crippen LogP contribution is -2.25. The Labute approximate surface area is 110 Å². The van der Waals surface area contributed by atoms with Gasteiger partial charge in [0, 0.05) is 6.54 Å². The van der Waals surface area contributed by atoms with Crippen LogP contribution in [-0.4, -0.2) is 30.9 Å². The van der Waals surface area contributed by atoms with Crippen LogP contribution in [0.2, 0.25) is 0 Å². The fourth-order valence-electron chi connectivity index (χ4n) is 1.86. The first-order valence-electron chi connectivity index (χ1n) is 6.69. The van der Waals surface area contributed by atoms with Crippen LogP contribution >= 0.6 is 0 Å². The van der Waals surface area contributed by atoms with Crippen LogP contribution in [0.5, 0.6) is 5.75 Å². The second kappa shape index (κ2) is 8.11. The molecule has 1 atom stereocenters. The number of nitrogens with one attached hydrogen (secondary N) is 1. The molecule has 102 valence electrons. The van der Waals surface area contributed by atoms with Crippen LogP contribution in [0.3, 0.4) is 0 Å². The predicted octanol–water partition coefficient (Wildman–Crippen LogP) is 2.43. The maximum absolute atomic E-state index is 9.08. The number of benzene rings is 1. The van der Waals surface area contributed by atoms with E-state index >= 15 is 0 Å². The van der Waals surface area contributed by atoms with E-state index in [1.54, 1.807) is 6.92 Å². The van der Waals surface area contributed by atoms with Crippen molar-refractivity contribution in [1.82, 2.24) is 5.32 Å². The molecule has 3 nitrogen and oxygen atoms in total. The van der Waals surface area contributed by atoms with Crippen molar-refractivity contribution in [2.24, 2.45) is 0 Å². The van der Waals surface area contributed by atoms with Gasteiger partial charge in [0.2, 0.25) is 0 Å². The monoisotopic (exact) mass is 251 g/mol. The van der Waals surface area contributed by atoms with E-state index in [0.29, 0.717) is 6.54 Å². The van der Waals surface area contributed by atoms with Gasteiger partial charge in [0.25, 0.3) is 0 Å². The highest BCUT2D eigenvalue weighted by Crippen LogP contribution is 2.22. The van der Waals surface area contributed by atoms with E-state index in [0.717, 1.165) is 31.7 Å². The second-order valence-corrected chi connectivity index (χ2v) is 4.83. The standard InChI is InChI=1S/C15H25NO2/c1-12-7-6-8-13(2)15(12)18-10-5-4-9-16-11-14(3)17/h6-8,14,16-17H,4-5,9-11H2,1-3H3. The number of ether oxygens (including phenoxy) is 1. The van der Waals surface area contributed by atoms with Gasteiger partial charge in [0.05, 0.1) is 12.7 Å². The molecule has 0 fully saturated rings. The van der Waals surface area contributed by atoms with Gasteiger partial charge >= 0.3 is 0 Å². The summed E-state index contributed by atoms with van der Waals surface area (Å²) in [5.41, 5.74) is 2.39. The summed E-state index contributed by atoms with van der Waals surface area (Å²) < 4.78 is 5.82. The summed E-state index contributed by atoms with van der Waals surface area (Å²) in [6, 6.07) is 6.20. The highest BCUT2D eigenvalue weighted by Gasteiger charge is 2.02. The minimum absolute atomic E-state index is 0.268. The first kappa shape index (κ1) is 15.0. The van der Waals surface area contributed by atoms with E-state index in [2.05, 4.69) is 37.4 Å². The number of unbranched alkanes of at least 4 members (excludes halogenated alkanes) is 1. The molecule has 0 spiro atoms. The molecule has 0 aliphatic rings. The molecule has 0 heterocycles. The number of aryl methyl sites for hydroxylation is 2. The number of rotatable bonds is 8. The SMILES string of the molecule is Cc1cccc(C)c1OCCCCNCC(C)O. The van der Waals surface area contributed by atoms with Crippen molar-refractivity contribution in [3.63, 3.8) is 0 Å². The number of hydrogen-bond donors (Lipinski definition) is 2. The summed E-state index contributed by atoms with van der Waals surface area (Å²) in [5.74, 6) is 1.02. The van der Waals surface area contributed by atoms with Crippen LogP contribution in [0.4, 0.5) is 0 Å². The van der Waals surface area contributed by atoms with Gasteiger partial charge in [-0.2, -0.15) is 0 Å². The average molecular weight is 251 g/mol. The Morgan fingerprint density at radius 2 is 1.89 bits per heavy atom. The molecule has 18 heavy (non-hydrogen) atoms. The third-order valence-corrected chi connectivity index (χ3v) is 2.84. The van der Waals surface area contributed by atoms with Gasteiger partial charge in [0.1, 0.15) is 5.75 Å². The fourth-order valence-corrected chi connectivity index (χ4v) is 1.86. The Balaban J connectivity index is 2.14. The van der Waals surface area contributed by atoms with E-state index in [1.807, 2.05) is 0 Å². The van der Waals surface area contributed by atoms with Crippen LogP contribution in [0, 0.1) is 13.8 Å². The van der Waals surface area contributed by atoms with E-state index in [9.17, 15) is 0 Å². The number of aliphatic hydroxyl groups is 1. The van der Waals surface area contributed by atoms with Crippen molar-refractivity contribution in [1.29, 1.82) is 0 Å². The summed E-state index contributed by atoms with van der Waals surface area (Å²) in [6.45, 7) is 8.29. The lowest BCUT2D eigenvalue weighted by Gasteiger charge is -2.12. The predicted molar refractivity (Wildman–Crippen MR) is 75.2 cm³/mol. The van der Waals surface area contributed by atoms with Crippen molar-refractivity contribution in [3.05, 3.63) is 29.3 Å². The van der Waals surface area contributed by atoms with Gasteiger partial charge in [0.15, 0.2) is 0 Å². The van der Waals surface area contributed by atoms with Crippen molar-refractivity contribution >= 4 is 0 Å². The Morgan fingerprint density at radius 1 is 1.22 bits per heavy atom. The Bertz CT molecular complexity index is 330. The number of hydrogen-bond acceptors (Lipinski definition) is 3. The molecule has 1 aromatic carbocycles. The number of aliphatic hydroxyl groups excluding tert-OH is 1. The molecule has 2 N–H and O–H groups in total. The molecule has 0 bridgehead atoms. The normalized spacial score (nSPS) is 12.4. The lowest BCUT2D eigenvalue weighted by atomic mass is 10.1. The summed E-state index contributed by atoms with van der Waals surface area (Å²) in [5, 5.41) is 12.3. The Hall–Kier alpha value is -1.06. The van der Waals surface area contributed by atoms with Gasteiger partial charge in [-0.05, 0) is 51.3 Å². The summed E-state index contributed by atoms with van der Waals surface area (Å²) in [4.78, 5) is 0. The second-order valence-electron chi connectivity index (χ2n) is 4.83. The van der Waals surface area contributed by atoms with Crippen LogP contribution in [0.15, 0.2) is 18.2 Å². The number of para-hydroxylation sites is 1. The summed E-state index contributed by atoms with van der Waals surface area (Å²) in [7, 11) is 0. The van der Waals surface area contributed by atoms with Gasteiger partial charge in [-0.1, -0.05) is 18.2 Å². The highest BCUT2D eigenvalue weighted by molar-refractivity contribution is 5.39. The highest BCUT2D eigenvalue weighted by atomic mass is 16.5. The maximum Gasteiger partial charge on any atom is 0.125 e. The average Bonchev–Trinajstić information content (AvgIpc) is 2.30. The van der Waals surface area contributed by atoms with Crippen LogP contribution in [0.1, 0.15) is 30.9 Å². The van der Waals surface area contributed by atoms with E-state index < -0.39 is 0 Å². The van der Waals surface area contributed by atoms with Gasteiger partial charge < -0.3 is 15.2 Å². The summed E-state index contributed by atoms with van der Waals surface area (Å²) in [6.07, 6.45) is 1.83. The lowest BCUT2D eigenvalue weighted by molar-refractivity contribution is 0.191. The molecule has 0 aliphatic carbocycles. The zero-order chi connectivity index (χ0) is 13.4. The summed E-state index contributed by atoms with van der Waals surface area (Å²) >= 11 is 0. The maximum atomic E-state index is 9.08. The molecule has 0 aromatic heterocycles. The van der Waals surface area contributed by atoms with Crippen molar-refractivity contribution < 1.29 is 9.84 Å². The molecule has 1 aromatic rings. The third kappa shape index (κ3) is 5.52. The van der Waals surface area contributed by atoms with Crippen LogP contribution < -0.4 is 10.1 Å². The van der Waals surface area contributed by atoms with Crippen molar-refractivity contribution in [3.8, 4) is 5.75 Å². The first-order chi connectivity index (χ1) is 8.61. The van der Waals surface area contributed by atoms with Crippen molar-refractivity contribution in [2.75, 3.05) is 19.7 Å². The smallest absolute Gasteiger partial charge is 0.125 e. The zero-order valence-corrected chi connectivity index (χ0v) is 11.7. The van der Waals surface area contributed by atoms with E-state index in [1.165, 1.54) is 11.1 Å². The molecule has 0 radical (unpaired) electrons. The van der Waals surface area contributed by atoms with Gasteiger partial charge in [-0.3, -0.25) is 0 Å². The fraction of sp³-hybridized carbons (Fsp3) is 0.600. The van der Waals surface area contributed by atoms with Crippen molar-refractivity contribution in [2.45, 2.75) is 39.7 Å². The molecule has 0 saturated heterocycles. The largest absolute Gasteiger partial charge is 0.493 e. The van der Waals surface area contributed by atoms with Gasteiger partial charge in [-0.25, -0.2) is 0 Å². The molecular formula is C15H25NO2. The molecule has 0 saturated carbocycles. The quantitative estimate of drug-likeness (QED) is 0.697. The van der Waals surface area contributed by atoms with E-state index in [-0.39, 0.29) is 6.10 Å². The molecule has 0 aliphatic heterocycles. The van der Waals surface area contributed by atoms with Gasteiger partial charge in [-0.15, -0.1) is 0 Å². The molecule has 3 heteroatoms. The molecular weight excluding hydrogens is 226 g/mol. The minimum Gasteiger partial charge on any atom is -0.493 e. The topological polar surface area (TPSA) is 41.5 Å². The van der Waals surface area contributed by atoms with Crippen LogP contribution in [0.25, 0.3) is 0 Å². The minimum atomic E-state index is -0.268. The molecule has 1 unspecified atom stereocenters. The first-order valence-corrected chi connectivity index (χ1v) is 6.69. The molecule has 1 rings (SSSR count). The molecule has 0 amide bonds. The Kier molecular flexibility index (Phi) is 6.76. The van der Waals surface area contributed by atoms with Crippen LogP contribution in [-0.2, 0) is 0 Å². The Morgan fingerprint density at radius 3 is 2.50 bits per heavy atom. The zero-order valence-electron chi connectivity index (χ0n) is 11.7.